The van der Waals surface area contributed by atoms with Crippen LogP contribution in [-0.4, -0.2) is 162 Å². The van der Waals surface area contributed by atoms with E-state index in [4.69, 9.17) is 59.3 Å². The predicted molar refractivity (Wildman–Crippen MR) is 429 cm³/mol. The fraction of sp³-hybridized carbons (Fsp3) is 0.410. The van der Waals surface area contributed by atoms with Gasteiger partial charge in [0.25, 0.3) is 27.7 Å². The van der Waals surface area contributed by atoms with Crippen LogP contribution in [0.1, 0.15) is 187 Å². The molecular weight excluding hydrogens is 1580 g/mol. The minimum absolute atomic E-state index is 0.0422. The second kappa shape index (κ2) is 43.5. The van der Waals surface area contributed by atoms with Gasteiger partial charge in [-0.1, -0.05) is 93.0 Å². The van der Waals surface area contributed by atoms with Crippen molar-refractivity contribution in [2.24, 2.45) is 5.73 Å². The first-order valence-electron chi connectivity index (χ1n) is 37.0. The summed E-state index contributed by atoms with van der Waals surface area (Å²) in [5.74, 6) is -1.85. The quantitative estimate of drug-likeness (QED) is 0.0217. The van der Waals surface area contributed by atoms with Gasteiger partial charge in [0.05, 0.1) is 107 Å². The number of hydrogen-bond donors (Lipinski definition) is 6. The van der Waals surface area contributed by atoms with Crippen LogP contribution < -0.4 is 26.4 Å². The lowest BCUT2D eigenvalue weighted by atomic mass is 10.0. The summed E-state index contributed by atoms with van der Waals surface area (Å²) in [5.41, 5.74) is 13.3. The number of benzene rings is 3. The van der Waals surface area contributed by atoms with E-state index in [1.807, 2.05) is 64.1 Å². The zero-order valence-electron chi connectivity index (χ0n) is 64.0. The highest BCUT2D eigenvalue weighted by Crippen LogP contribution is 2.28. The maximum Gasteiger partial charge on any atom is 0.312 e. The molecule has 0 radical (unpaired) electrons. The van der Waals surface area contributed by atoms with Crippen molar-refractivity contribution >= 4 is 88.5 Å². The normalized spacial score (nSPS) is 14.7. The van der Waals surface area contributed by atoms with Crippen LogP contribution in [-0.2, 0) is 53.7 Å². The average molecular weight is 1670 g/mol. The third-order valence-corrected chi connectivity index (χ3v) is 23.0. The maximum atomic E-state index is 13.1. The minimum atomic E-state index is -4.37. The van der Waals surface area contributed by atoms with Gasteiger partial charge in [-0.15, -0.1) is 0 Å². The van der Waals surface area contributed by atoms with Gasteiger partial charge in [0, 0.05) is 85.4 Å². The summed E-state index contributed by atoms with van der Waals surface area (Å²) >= 11 is 17.9. The zero-order chi connectivity index (χ0) is 81.8. The number of halogens is 3. The Bertz CT molecular complexity index is 4900. The molecule has 6 aromatic heterocycles. The van der Waals surface area contributed by atoms with Crippen LogP contribution in [0.4, 0.5) is 0 Å². The van der Waals surface area contributed by atoms with E-state index in [1.165, 1.54) is 81.4 Å². The molecule has 9 aromatic rings. The molecule has 0 saturated carbocycles. The fourth-order valence-corrected chi connectivity index (χ4v) is 15.2. The Kier molecular flexibility index (Phi) is 34.5. The zero-order valence-corrected chi connectivity index (χ0v) is 68.7. The van der Waals surface area contributed by atoms with Gasteiger partial charge < -0.3 is 40.6 Å². The Labute approximate surface area is 674 Å². The van der Waals surface area contributed by atoms with Crippen molar-refractivity contribution < 1.29 is 67.9 Å². The first kappa shape index (κ1) is 89.6. The number of nitrogens with zero attached hydrogens (tertiary/aromatic N) is 9. The number of esters is 1. The molecule has 35 heteroatoms. The van der Waals surface area contributed by atoms with Gasteiger partial charge in [0.1, 0.15) is 0 Å². The fourth-order valence-electron chi connectivity index (χ4n) is 12.0. The van der Waals surface area contributed by atoms with Crippen molar-refractivity contribution in [1.82, 2.24) is 65.0 Å². The SMILES string of the molecule is C1CCOC1.CCCC(NC(=O)c1cnn(-c2ccc(Cl)cc2)c1C)c1ccc(S(=O)(=O)CCC(=O)OC)nc1.CCCC(NC(=O)c1cnn(-c2ccc(Cl)cc2)c1C)c1ccc(S(=O)(=O)NC2CCOCC2)nc1.CCCC(NC(=O)c1cnn(-c2ccc(Cl)cc2)c1C)c1ccc(S(=O)(=O)O)nc1.NC1CCOCC1. The van der Waals surface area contributed by atoms with Gasteiger partial charge in [-0.05, 0) is 186 Å². The summed E-state index contributed by atoms with van der Waals surface area (Å²) in [7, 11) is -10.6. The number of ether oxygens (including phenoxy) is 4. The van der Waals surface area contributed by atoms with E-state index >= 15 is 0 Å². The molecule has 3 amide bonds. The number of sulfonamides is 1. The van der Waals surface area contributed by atoms with Gasteiger partial charge in [-0.3, -0.25) is 23.7 Å². The average Bonchev–Trinajstić information content (AvgIpc) is 1.68. The van der Waals surface area contributed by atoms with Crippen molar-refractivity contribution in [2.75, 3.05) is 52.5 Å². The van der Waals surface area contributed by atoms with E-state index in [-0.39, 0.29) is 58.4 Å². The van der Waals surface area contributed by atoms with Crippen LogP contribution in [0.3, 0.4) is 0 Å². The molecule has 3 aliphatic rings. The number of nitrogens with one attached hydrogen (secondary N) is 4. The number of aromatic nitrogens is 9. The molecule has 12 rings (SSSR count). The molecule has 3 fully saturated rings. The van der Waals surface area contributed by atoms with E-state index in [9.17, 15) is 44.4 Å². The number of nitrogens with two attached hydrogens (primary N) is 1. The highest BCUT2D eigenvalue weighted by atomic mass is 35.5. The van der Waals surface area contributed by atoms with E-state index in [0.717, 1.165) is 81.2 Å². The lowest BCUT2D eigenvalue weighted by Gasteiger charge is -2.23. The van der Waals surface area contributed by atoms with Crippen molar-refractivity contribution in [3.05, 3.63) is 212 Å². The summed E-state index contributed by atoms with van der Waals surface area (Å²) < 4.78 is 109. The van der Waals surface area contributed by atoms with Crippen molar-refractivity contribution in [3.8, 4) is 17.1 Å². The van der Waals surface area contributed by atoms with E-state index in [2.05, 4.69) is 55.7 Å². The molecule has 113 heavy (non-hydrogen) atoms. The van der Waals surface area contributed by atoms with Crippen LogP contribution >= 0.6 is 34.8 Å². The molecule has 3 atom stereocenters. The van der Waals surface area contributed by atoms with Crippen LogP contribution in [0.5, 0.6) is 0 Å². The Morgan fingerprint density at radius 3 is 1.12 bits per heavy atom. The summed E-state index contributed by atoms with van der Waals surface area (Å²) in [5, 5.41) is 23.3. The second-order valence-corrected chi connectivity index (χ2v) is 33.1. The predicted octanol–water partition coefficient (Wildman–Crippen LogP) is 12.5. The molecule has 3 saturated heterocycles. The molecule has 3 unspecified atom stereocenters. The molecule has 3 aliphatic heterocycles. The molecular formula is C78H97Cl3N14O15S3. The number of carbonyl (C=O) groups is 4. The Hall–Kier alpha value is -8.90. The van der Waals surface area contributed by atoms with Crippen molar-refractivity contribution in [3.63, 3.8) is 0 Å². The molecule has 9 heterocycles. The number of hydrogen-bond acceptors (Lipinski definition) is 21. The highest BCUT2D eigenvalue weighted by Gasteiger charge is 2.28. The standard InChI is InChI=1S/C25H30ClN5O4S.C24H27ClN4O5S.C20H21ClN4O4S.C5H11NO.C4H8O/c1-3-4-23(18-5-10-24(27-15-18)36(33,34)30-20-11-13-35-14-12-20)29-25(32)22-16-28-31(17(22)2)21-8-6-19(26)7-9-21;1-4-5-21(17-6-11-22(26-14-17)35(32,33)13-12-23(30)34-3)28-24(31)20-15-27-29(16(20)2)19-9-7-18(25)8-10-19;1-3-4-18(14-5-10-19(22-11-14)30(27,28)29)24-20(26)17-12-23-25(13(17)2)16-8-6-15(21)7-9-16;6-5-1-3-7-4-2-5;1-2-4-5-3-1/h5-10,15-16,20,23,30H,3-4,11-14H2,1-2H3,(H,29,32);6-11,14-15,21H,4-5,12-13H2,1-3H3,(H,28,31);5-12,18H,3-4H2,1-2H3,(H,24,26)(H,27,28,29);5H,1-4,6H2;1-4H2. The molecule has 3 aromatic carbocycles. The van der Waals surface area contributed by atoms with Gasteiger partial charge >= 0.3 is 16.1 Å². The van der Waals surface area contributed by atoms with Gasteiger partial charge in [0.15, 0.2) is 24.9 Å². The molecule has 0 aliphatic carbocycles. The van der Waals surface area contributed by atoms with E-state index < -0.39 is 46.7 Å². The lowest BCUT2D eigenvalue weighted by Crippen LogP contribution is -2.39. The van der Waals surface area contributed by atoms with Crippen LogP contribution in [0.2, 0.25) is 15.1 Å². The largest absolute Gasteiger partial charge is 0.469 e. The smallest absolute Gasteiger partial charge is 0.312 e. The number of rotatable bonds is 26. The monoisotopic (exact) mass is 1670 g/mol. The first-order valence-corrected chi connectivity index (χ1v) is 42.8. The Morgan fingerprint density at radius 1 is 0.496 bits per heavy atom. The lowest BCUT2D eigenvalue weighted by molar-refractivity contribution is -0.140. The topological polar surface area (TPSA) is 394 Å². The van der Waals surface area contributed by atoms with Crippen LogP contribution in [0.15, 0.2) is 161 Å². The third-order valence-electron chi connectivity index (χ3n) is 18.4. The first-order chi connectivity index (χ1) is 54.0. The number of sulfone groups is 1. The number of amides is 3. The van der Waals surface area contributed by atoms with Gasteiger partial charge in [-0.25, -0.2) is 50.6 Å². The molecule has 608 valence electrons. The van der Waals surface area contributed by atoms with Crippen LogP contribution in [0.25, 0.3) is 17.1 Å². The molecule has 7 N–H and O–H groups in total. The maximum absolute atomic E-state index is 13.1. The second-order valence-electron chi connectivity index (χ2n) is 26.7. The molecule has 0 spiro atoms. The summed E-state index contributed by atoms with van der Waals surface area (Å²) in [6.07, 6.45) is 18.8. The minimum Gasteiger partial charge on any atom is -0.469 e. The van der Waals surface area contributed by atoms with Crippen molar-refractivity contribution in [2.45, 2.75) is 170 Å². The van der Waals surface area contributed by atoms with Crippen LogP contribution in [0, 0.1) is 20.8 Å². The Morgan fingerprint density at radius 2 is 0.832 bits per heavy atom. The van der Waals surface area contributed by atoms with E-state index in [1.54, 1.807) is 76.4 Å². The number of pyridine rings is 3. The molecule has 0 bridgehead atoms. The number of carbonyl (C=O) groups excluding carboxylic acids is 4. The summed E-state index contributed by atoms with van der Waals surface area (Å²) in [6, 6.07) is 29.6. The van der Waals surface area contributed by atoms with Gasteiger partial charge in [-0.2, -0.15) is 23.7 Å². The summed E-state index contributed by atoms with van der Waals surface area (Å²) in [6.45, 7) is 16.2. The third kappa shape index (κ3) is 26.6. The van der Waals surface area contributed by atoms with E-state index in [0.29, 0.717) is 111 Å². The number of methoxy groups -OCH3 is 1. The highest BCUT2D eigenvalue weighted by molar-refractivity contribution is 7.91. The van der Waals surface area contributed by atoms with Crippen molar-refractivity contribution in [1.29, 1.82) is 0 Å². The summed E-state index contributed by atoms with van der Waals surface area (Å²) in [4.78, 5) is 62.5. The molecule has 29 nitrogen and oxygen atoms in total. The Balaban J connectivity index is 0.000000197. The van der Waals surface area contributed by atoms with Gasteiger partial charge in [0.2, 0.25) is 0 Å².